The maximum Gasteiger partial charge on any atom is 0.220 e. The fraction of sp³-hybridized carbons (Fsp3) is 0.600. The van der Waals surface area contributed by atoms with E-state index in [0.717, 1.165) is 18.5 Å². The van der Waals surface area contributed by atoms with Gasteiger partial charge >= 0.3 is 0 Å². The van der Waals surface area contributed by atoms with E-state index in [2.05, 4.69) is 24.1 Å². The van der Waals surface area contributed by atoms with Gasteiger partial charge in [-0.05, 0) is 37.3 Å². The molecule has 1 atom stereocenters. The van der Waals surface area contributed by atoms with Gasteiger partial charge in [-0.1, -0.05) is 19.9 Å². The van der Waals surface area contributed by atoms with E-state index in [-0.39, 0.29) is 18.6 Å². The lowest BCUT2D eigenvalue weighted by Gasteiger charge is -2.21. The Bertz CT molecular complexity index is 366. The van der Waals surface area contributed by atoms with Crippen LogP contribution < -0.4 is 5.32 Å². The number of aryl methyl sites for hydroxylation is 1. The largest absolute Gasteiger partial charge is 0.396 e. The third-order valence-electron chi connectivity index (χ3n) is 3.15. The van der Waals surface area contributed by atoms with Crippen LogP contribution in [0.5, 0.6) is 0 Å². The van der Waals surface area contributed by atoms with Crippen molar-refractivity contribution in [1.82, 2.24) is 10.3 Å². The zero-order valence-corrected chi connectivity index (χ0v) is 11.8. The monoisotopic (exact) mass is 264 g/mol. The molecule has 106 valence electrons. The molecule has 0 spiro atoms. The lowest BCUT2D eigenvalue weighted by atomic mass is 10.0. The van der Waals surface area contributed by atoms with Crippen molar-refractivity contribution in [2.45, 2.75) is 45.6 Å². The van der Waals surface area contributed by atoms with E-state index in [0.29, 0.717) is 18.8 Å². The zero-order valence-electron chi connectivity index (χ0n) is 11.8. The van der Waals surface area contributed by atoms with Crippen LogP contribution in [0.3, 0.4) is 0 Å². The molecular weight excluding hydrogens is 240 g/mol. The standard InChI is InChI=1S/C15H24N2O2/c1-12(2)14(9-11-18)17-15(19)8-5-7-13-6-3-4-10-16-13/h3-4,6,10,12,14,18H,5,7-9,11H2,1-2H3,(H,17,19). The molecule has 0 fully saturated rings. The summed E-state index contributed by atoms with van der Waals surface area (Å²) in [5, 5.41) is 11.9. The number of pyridine rings is 1. The van der Waals surface area contributed by atoms with Gasteiger partial charge in [0.05, 0.1) is 0 Å². The summed E-state index contributed by atoms with van der Waals surface area (Å²) in [7, 11) is 0. The number of hydrogen-bond acceptors (Lipinski definition) is 3. The van der Waals surface area contributed by atoms with E-state index < -0.39 is 0 Å². The Morgan fingerprint density at radius 3 is 2.79 bits per heavy atom. The first-order valence-electron chi connectivity index (χ1n) is 6.93. The third-order valence-corrected chi connectivity index (χ3v) is 3.15. The molecule has 0 aliphatic rings. The Hall–Kier alpha value is -1.42. The molecule has 4 heteroatoms. The molecule has 0 bridgehead atoms. The van der Waals surface area contributed by atoms with Gasteiger partial charge in [-0.25, -0.2) is 0 Å². The molecule has 0 saturated heterocycles. The van der Waals surface area contributed by atoms with Gasteiger partial charge in [0.15, 0.2) is 0 Å². The van der Waals surface area contributed by atoms with E-state index >= 15 is 0 Å². The predicted molar refractivity (Wildman–Crippen MR) is 75.6 cm³/mol. The predicted octanol–water partition coefficient (Wildman–Crippen LogP) is 1.93. The van der Waals surface area contributed by atoms with Crippen molar-refractivity contribution in [3.8, 4) is 0 Å². The second-order valence-electron chi connectivity index (χ2n) is 5.10. The summed E-state index contributed by atoms with van der Waals surface area (Å²) in [4.78, 5) is 16.0. The number of carbonyl (C=O) groups excluding carboxylic acids is 1. The molecule has 1 aromatic rings. The minimum absolute atomic E-state index is 0.0584. The highest BCUT2D eigenvalue weighted by Crippen LogP contribution is 2.07. The Morgan fingerprint density at radius 2 is 2.21 bits per heavy atom. The molecule has 0 aliphatic heterocycles. The molecule has 0 radical (unpaired) electrons. The molecule has 1 rings (SSSR count). The molecule has 0 saturated carbocycles. The molecule has 0 aromatic carbocycles. The Labute approximate surface area is 115 Å². The average molecular weight is 264 g/mol. The van der Waals surface area contributed by atoms with Crippen molar-refractivity contribution in [1.29, 1.82) is 0 Å². The second kappa shape index (κ2) is 8.64. The van der Waals surface area contributed by atoms with Crippen LogP contribution in [0.1, 0.15) is 38.8 Å². The molecule has 1 unspecified atom stereocenters. The van der Waals surface area contributed by atoms with Crippen molar-refractivity contribution >= 4 is 5.91 Å². The van der Waals surface area contributed by atoms with Gasteiger partial charge in [-0.3, -0.25) is 9.78 Å². The lowest BCUT2D eigenvalue weighted by Crippen LogP contribution is -2.39. The lowest BCUT2D eigenvalue weighted by molar-refractivity contribution is -0.122. The van der Waals surface area contributed by atoms with Gasteiger partial charge in [0, 0.05) is 31.0 Å². The number of nitrogens with one attached hydrogen (secondary N) is 1. The number of aliphatic hydroxyl groups is 1. The summed E-state index contributed by atoms with van der Waals surface area (Å²) in [6, 6.07) is 5.88. The maximum absolute atomic E-state index is 11.8. The highest BCUT2D eigenvalue weighted by Gasteiger charge is 2.15. The summed E-state index contributed by atoms with van der Waals surface area (Å²) in [6.45, 7) is 4.21. The second-order valence-corrected chi connectivity index (χ2v) is 5.10. The number of hydrogen-bond donors (Lipinski definition) is 2. The van der Waals surface area contributed by atoms with E-state index in [9.17, 15) is 4.79 Å². The summed E-state index contributed by atoms with van der Waals surface area (Å²) in [5.41, 5.74) is 1.02. The van der Waals surface area contributed by atoms with Crippen LogP contribution in [0, 0.1) is 5.92 Å². The van der Waals surface area contributed by atoms with Gasteiger partial charge < -0.3 is 10.4 Å². The summed E-state index contributed by atoms with van der Waals surface area (Å²) in [5.74, 6) is 0.398. The van der Waals surface area contributed by atoms with Gasteiger partial charge in [-0.15, -0.1) is 0 Å². The van der Waals surface area contributed by atoms with Crippen molar-refractivity contribution in [3.63, 3.8) is 0 Å². The molecule has 19 heavy (non-hydrogen) atoms. The first-order valence-corrected chi connectivity index (χ1v) is 6.93. The van der Waals surface area contributed by atoms with Crippen LogP contribution >= 0.6 is 0 Å². The van der Waals surface area contributed by atoms with Crippen LogP contribution in [0.15, 0.2) is 24.4 Å². The van der Waals surface area contributed by atoms with Crippen LogP contribution in [-0.2, 0) is 11.2 Å². The third kappa shape index (κ3) is 6.34. The van der Waals surface area contributed by atoms with Crippen molar-refractivity contribution in [2.24, 2.45) is 5.92 Å². The molecule has 2 N–H and O–H groups in total. The Balaban J connectivity index is 2.27. The highest BCUT2D eigenvalue weighted by molar-refractivity contribution is 5.76. The number of nitrogens with zero attached hydrogens (tertiary/aromatic N) is 1. The van der Waals surface area contributed by atoms with E-state index in [4.69, 9.17) is 5.11 Å². The van der Waals surface area contributed by atoms with Gasteiger partial charge in [-0.2, -0.15) is 0 Å². The molecule has 0 aliphatic carbocycles. The van der Waals surface area contributed by atoms with E-state index in [1.165, 1.54) is 0 Å². The average Bonchev–Trinajstić information content (AvgIpc) is 2.39. The normalized spacial score (nSPS) is 12.4. The number of carbonyl (C=O) groups is 1. The minimum Gasteiger partial charge on any atom is -0.396 e. The quantitative estimate of drug-likeness (QED) is 0.754. The Morgan fingerprint density at radius 1 is 1.42 bits per heavy atom. The van der Waals surface area contributed by atoms with Crippen molar-refractivity contribution < 1.29 is 9.90 Å². The van der Waals surface area contributed by atoms with Crippen LogP contribution in [0.25, 0.3) is 0 Å². The maximum atomic E-state index is 11.8. The molecular formula is C15H24N2O2. The van der Waals surface area contributed by atoms with Gasteiger partial charge in [0.25, 0.3) is 0 Å². The molecule has 4 nitrogen and oxygen atoms in total. The topological polar surface area (TPSA) is 62.2 Å². The first kappa shape index (κ1) is 15.6. The van der Waals surface area contributed by atoms with E-state index in [1.54, 1.807) is 6.20 Å². The summed E-state index contributed by atoms with van der Waals surface area (Å²) >= 11 is 0. The highest BCUT2D eigenvalue weighted by atomic mass is 16.3. The van der Waals surface area contributed by atoms with Crippen molar-refractivity contribution in [3.05, 3.63) is 30.1 Å². The fourth-order valence-corrected chi connectivity index (χ4v) is 1.97. The number of amides is 1. The van der Waals surface area contributed by atoms with Crippen LogP contribution in [0.4, 0.5) is 0 Å². The number of rotatable bonds is 8. The minimum atomic E-state index is 0.0584. The molecule has 1 aromatic heterocycles. The molecule has 1 amide bonds. The zero-order chi connectivity index (χ0) is 14.1. The van der Waals surface area contributed by atoms with Crippen molar-refractivity contribution in [2.75, 3.05) is 6.61 Å². The SMILES string of the molecule is CC(C)C(CCO)NC(=O)CCCc1ccccn1. The van der Waals surface area contributed by atoms with Crippen LogP contribution in [0.2, 0.25) is 0 Å². The first-order chi connectivity index (χ1) is 9.13. The smallest absolute Gasteiger partial charge is 0.220 e. The number of aliphatic hydroxyl groups excluding tert-OH is 1. The Kier molecular flexibility index (Phi) is 7.11. The van der Waals surface area contributed by atoms with Crippen LogP contribution in [-0.4, -0.2) is 28.6 Å². The van der Waals surface area contributed by atoms with Gasteiger partial charge in [0.1, 0.15) is 0 Å². The summed E-state index contributed by atoms with van der Waals surface area (Å²) < 4.78 is 0. The fourth-order valence-electron chi connectivity index (χ4n) is 1.97. The van der Waals surface area contributed by atoms with E-state index in [1.807, 2.05) is 18.2 Å². The van der Waals surface area contributed by atoms with Gasteiger partial charge in [0.2, 0.25) is 5.91 Å². The number of aromatic nitrogens is 1. The molecule has 1 heterocycles. The summed E-state index contributed by atoms with van der Waals surface area (Å²) in [6.07, 6.45) is 4.51.